The standard InChI is InChI=1S/C20H42.C19H40.5H3P/c1-3-5-7-9-11-13-15-17-19-20-18-16-14-12-10-8-6-4-2;1-3-5-7-9-11-13-15-17-19-18-16-14-12-10-8-6-4-2;;;;;/h3-20H2,1-2H3;3-19H2,1-2H3;5*1H3. The minimum Gasteiger partial charge on any atom is -0.153 e. The Kier molecular flexibility index (Phi) is 89.0. The van der Waals surface area contributed by atoms with Gasteiger partial charge in [-0.15, -0.1) is 0 Å². The quantitative estimate of drug-likeness (QED) is 0.0468. The lowest BCUT2D eigenvalue weighted by Gasteiger charge is -2.03. The average molecular weight is 721 g/mol. The van der Waals surface area contributed by atoms with E-state index in [2.05, 4.69) is 27.7 Å². The summed E-state index contributed by atoms with van der Waals surface area (Å²) in [6.07, 6.45) is 51.3. The van der Waals surface area contributed by atoms with Crippen LogP contribution in [0.1, 0.15) is 252 Å². The molecular formula is C39H97P5. The maximum atomic E-state index is 2.30. The molecule has 0 nitrogen and oxygen atoms in total. The molecule has 0 aliphatic carbocycles. The molecule has 0 aromatic heterocycles. The topological polar surface area (TPSA) is 0 Å². The van der Waals surface area contributed by atoms with Gasteiger partial charge in [-0.25, -0.2) is 0 Å². The molecule has 5 unspecified atom stereocenters. The second kappa shape index (κ2) is 63.8. The van der Waals surface area contributed by atoms with Crippen molar-refractivity contribution in [3.05, 3.63) is 0 Å². The van der Waals surface area contributed by atoms with Crippen molar-refractivity contribution in [2.24, 2.45) is 0 Å². The van der Waals surface area contributed by atoms with Crippen molar-refractivity contribution in [3.63, 3.8) is 0 Å². The Hall–Kier alpha value is 2.15. The molecule has 44 heavy (non-hydrogen) atoms. The first-order valence-electron chi connectivity index (χ1n) is 19.3. The summed E-state index contributed by atoms with van der Waals surface area (Å²) >= 11 is 0. The molecule has 0 spiro atoms. The van der Waals surface area contributed by atoms with Gasteiger partial charge in [0.25, 0.3) is 0 Å². The smallest absolute Gasteiger partial charge is 0.0533 e. The van der Waals surface area contributed by atoms with E-state index in [0.717, 1.165) is 0 Å². The third-order valence-corrected chi connectivity index (χ3v) is 8.66. The molecule has 0 N–H and O–H groups in total. The predicted molar refractivity (Wildman–Crippen MR) is 240 cm³/mol. The van der Waals surface area contributed by atoms with Crippen LogP contribution in [0, 0.1) is 0 Å². The van der Waals surface area contributed by atoms with Crippen LogP contribution in [0.25, 0.3) is 0 Å². The Morgan fingerprint density at radius 2 is 0.205 bits per heavy atom. The van der Waals surface area contributed by atoms with E-state index in [9.17, 15) is 0 Å². The fraction of sp³-hybridized carbons (Fsp3) is 1.00. The highest BCUT2D eigenvalue weighted by atomic mass is 31.0. The highest BCUT2D eigenvalue weighted by Crippen LogP contribution is 2.15. The lowest BCUT2D eigenvalue weighted by Crippen LogP contribution is -1.83. The van der Waals surface area contributed by atoms with E-state index < -0.39 is 0 Å². The zero-order chi connectivity index (χ0) is 28.7. The Morgan fingerprint density at radius 1 is 0.136 bits per heavy atom. The minimum atomic E-state index is 0. The van der Waals surface area contributed by atoms with Gasteiger partial charge >= 0.3 is 0 Å². The van der Waals surface area contributed by atoms with Gasteiger partial charge in [-0.3, -0.25) is 0 Å². The Bertz CT molecular complexity index is 348. The Balaban J connectivity index is -0.000000112. The molecule has 0 aromatic carbocycles. The SMILES string of the molecule is CCCCCCCCCCCCCCCCCCC.CCCCCCCCCCCCCCCCCCCC.P.P.P.P.P. The molecular weight excluding hydrogens is 623 g/mol. The number of unbranched alkanes of at least 4 members (excludes halogenated alkanes) is 33. The zero-order valence-corrected chi connectivity index (χ0v) is 39.4. The first-order valence-corrected chi connectivity index (χ1v) is 19.3. The van der Waals surface area contributed by atoms with Gasteiger partial charge in [-0.1, -0.05) is 252 Å². The van der Waals surface area contributed by atoms with Crippen molar-refractivity contribution in [1.29, 1.82) is 0 Å². The zero-order valence-electron chi connectivity index (χ0n) is 32.3. The molecule has 0 saturated heterocycles. The molecule has 0 amide bonds. The first kappa shape index (κ1) is 61.4. The van der Waals surface area contributed by atoms with Crippen LogP contribution >= 0.6 is 49.5 Å². The van der Waals surface area contributed by atoms with Crippen LogP contribution in [0.3, 0.4) is 0 Å². The van der Waals surface area contributed by atoms with Crippen molar-refractivity contribution in [3.8, 4) is 0 Å². The average Bonchev–Trinajstić information content (AvgIpc) is 2.95. The van der Waals surface area contributed by atoms with Gasteiger partial charge in [-0.05, 0) is 0 Å². The normalized spacial score (nSPS) is 9.82. The molecule has 0 rings (SSSR count). The fourth-order valence-electron chi connectivity index (χ4n) is 5.77. The number of hydrogen-bond acceptors (Lipinski definition) is 0. The van der Waals surface area contributed by atoms with E-state index in [1.165, 1.54) is 225 Å². The maximum Gasteiger partial charge on any atom is -0.0533 e. The van der Waals surface area contributed by atoms with E-state index in [4.69, 9.17) is 0 Å². The van der Waals surface area contributed by atoms with Crippen LogP contribution in [0.2, 0.25) is 0 Å². The summed E-state index contributed by atoms with van der Waals surface area (Å²) in [6, 6.07) is 0. The van der Waals surface area contributed by atoms with E-state index in [1.54, 1.807) is 0 Å². The van der Waals surface area contributed by atoms with Gasteiger partial charge in [-0.2, -0.15) is 49.5 Å². The highest BCUT2D eigenvalue weighted by molar-refractivity contribution is 6.92. The van der Waals surface area contributed by atoms with Crippen LogP contribution in [-0.2, 0) is 0 Å². The third-order valence-electron chi connectivity index (χ3n) is 8.66. The predicted octanol–water partition coefficient (Wildman–Crippen LogP) is 16.0. The van der Waals surface area contributed by atoms with Gasteiger partial charge in [0.15, 0.2) is 0 Å². The first-order chi connectivity index (χ1) is 19.3. The monoisotopic (exact) mass is 721 g/mol. The second-order valence-electron chi connectivity index (χ2n) is 13.0. The van der Waals surface area contributed by atoms with Crippen LogP contribution in [-0.4, -0.2) is 0 Å². The molecule has 0 heterocycles. The van der Waals surface area contributed by atoms with Crippen LogP contribution < -0.4 is 0 Å². The van der Waals surface area contributed by atoms with Crippen LogP contribution in [0.5, 0.6) is 0 Å². The largest absolute Gasteiger partial charge is 0.153 e. The molecule has 5 heteroatoms. The van der Waals surface area contributed by atoms with E-state index in [0.29, 0.717) is 0 Å². The molecule has 0 aromatic rings. The summed E-state index contributed by atoms with van der Waals surface area (Å²) in [5.74, 6) is 0. The lowest BCUT2D eigenvalue weighted by atomic mass is 10.0. The van der Waals surface area contributed by atoms with E-state index in [-0.39, 0.29) is 49.5 Å². The van der Waals surface area contributed by atoms with Crippen molar-refractivity contribution < 1.29 is 0 Å². The van der Waals surface area contributed by atoms with Gasteiger partial charge in [0, 0.05) is 0 Å². The highest BCUT2D eigenvalue weighted by Gasteiger charge is 1.95. The summed E-state index contributed by atoms with van der Waals surface area (Å²) in [7, 11) is 0. The third kappa shape index (κ3) is 66.5. The lowest BCUT2D eigenvalue weighted by molar-refractivity contribution is 0.526. The summed E-state index contributed by atoms with van der Waals surface area (Å²) in [6.45, 7) is 9.18. The maximum absolute atomic E-state index is 2.30. The number of hydrogen-bond donors (Lipinski definition) is 0. The number of rotatable bonds is 33. The molecule has 0 fully saturated rings. The molecule has 0 aliphatic heterocycles. The van der Waals surface area contributed by atoms with Crippen LogP contribution in [0.15, 0.2) is 0 Å². The van der Waals surface area contributed by atoms with Crippen molar-refractivity contribution >= 4 is 49.5 Å². The fourth-order valence-corrected chi connectivity index (χ4v) is 5.77. The Morgan fingerprint density at radius 3 is 0.273 bits per heavy atom. The van der Waals surface area contributed by atoms with Gasteiger partial charge in [0.2, 0.25) is 0 Å². The van der Waals surface area contributed by atoms with E-state index in [1.807, 2.05) is 0 Å². The molecule has 0 saturated carbocycles. The summed E-state index contributed by atoms with van der Waals surface area (Å²) in [5, 5.41) is 0. The van der Waals surface area contributed by atoms with Gasteiger partial charge in [0.1, 0.15) is 0 Å². The van der Waals surface area contributed by atoms with Crippen LogP contribution in [0.4, 0.5) is 0 Å². The Labute approximate surface area is 300 Å². The molecule has 5 atom stereocenters. The molecule has 278 valence electrons. The van der Waals surface area contributed by atoms with Crippen molar-refractivity contribution in [2.75, 3.05) is 0 Å². The molecule has 0 bridgehead atoms. The second-order valence-corrected chi connectivity index (χ2v) is 13.0. The van der Waals surface area contributed by atoms with Gasteiger partial charge in [0.05, 0.1) is 0 Å². The minimum absolute atomic E-state index is 0. The summed E-state index contributed by atoms with van der Waals surface area (Å²) in [5.41, 5.74) is 0. The molecule has 0 aliphatic rings. The van der Waals surface area contributed by atoms with E-state index >= 15 is 0 Å². The molecule has 0 radical (unpaired) electrons. The summed E-state index contributed by atoms with van der Waals surface area (Å²) < 4.78 is 0. The van der Waals surface area contributed by atoms with Gasteiger partial charge < -0.3 is 0 Å². The summed E-state index contributed by atoms with van der Waals surface area (Å²) in [4.78, 5) is 0. The van der Waals surface area contributed by atoms with Crippen molar-refractivity contribution in [1.82, 2.24) is 0 Å². The van der Waals surface area contributed by atoms with Crippen molar-refractivity contribution in [2.45, 2.75) is 252 Å².